The van der Waals surface area contributed by atoms with Gasteiger partial charge in [0.1, 0.15) is 17.5 Å². The topological polar surface area (TPSA) is 67.1 Å². The van der Waals surface area contributed by atoms with Crippen LogP contribution in [0.25, 0.3) is 0 Å². The van der Waals surface area contributed by atoms with Gasteiger partial charge in [-0.05, 0) is 12.7 Å². The first-order chi connectivity index (χ1) is 9.03. The summed E-state index contributed by atoms with van der Waals surface area (Å²) in [5.41, 5.74) is 2.62. The average molecular weight is 283 g/mol. The monoisotopic (exact) mass is 283 g/mol. The van der Waals surface area contributed by atoms with Crippen LogP contribution in [0.1, 0.15) is 38.9 Å². The summed E-state index contributed by atoms with van der Waals surface area (Å²) in [6.07, 6.45) is 3.21. The molecule has 0 aliphatic heterocycles. The van der Waals surface area contributed by atoms with Crippen molar-refractivity contribution in [2.24, 2.45) is 5.84 Å². The van der Waals surface area contributed by atoms with Crippen molar-refractivity contribution in [1.82, 2.24) is 9.97 Å². The van der Waals surface area contributed by atoms with Gasteiger partial charge in [-0.1, -0.05) is 20.8 Å². The van der Waals surface area contributed by atoms with Crippen LogP contribution in [0.5, 0.6) is 0 Å². The Labute approximate surface area is 120 Å². The van der Waals surface area contributed by atoms with Crippen LogP contribution < -0.4 is 16.2 Å². The zero-order valence-electron chi connectivity index (χ0n) is 12.5. The number of hydrogen-bond donors (Lipinski definition) is 2. The molecule has 0 aromatic carbocycles. The summed E-state index contributed by atoms with van der Waals surface area (Å²) in [6.45, 7) is 6.36. The molecule has 19 heavy (non-hydrogen) atoms. The lowest BCUT2D eigenvalue weighted by Gasteiger charge is -2.28. The van der Waals surface area contributed by atoms with Crippen molar-refractivity contribution in [1.29, 1.82) is 0 Å². The molecule has 6 heteroatoms. The molecule has 0 spiro atoms. The van der Waals surface area contributed by atoms with Crippen LogP contribution in [-0.4, -0.2) is 35.1 Å². The Morgan fingerprint density at radius 3 is 2.58 bits per heavy atom. The average Bonchev–Trinajstić information content (AvgIpc) is 2.43. The second kappa shape index (κ2) is 7.55. The fraction of sp³-hybridized carbons (Fsp3) is 0.692. The van der Waals surface area contributed by atoms with Gasteiger partial charge in [-0.25, -0.2) is 15.8 Å². The lowest BCUT2D eigenvalue weighted by molar-refractivity contribution is 0.659. The van der Waals surface area contributed by atoms with Crippen LogP contribution in [0.4, 0.5) is 11.6 Å². The van der Waals surface area contributed by atoms with E-state index >= 15 is 0 Å². The normalized spacial score (nSPS) is 12.6. The maximum atomic E-state index is 5.49. The van der Waals surface area contributed by atoms with Crippen molar-refractivity contribution in [2.75, 3.05) is 29.4 Å². The van der Waals surface area contributed by atoms with Gasteiger partial charge in [0, 0.05) is 30.8 Å². The minimum absolute atomic E-state index is 0.279. The summed E-state index contributed by atoms with van der Waals surface area (Å²) in [7, 11) is 2.08. The summed E-state index contributed by atoms with van der Waals surface area (Å²) in [6, 6.07) is 2.37. The van der Waals surface area contributed by atoms with Crippen LogP contribution in [0, 0.1) is 0 Å². The Morgan fingerprint density at radius 2 is 2.11 bits per heavy atom. The molecule has 1 aromatic heterocycles. The fourth-order valence-electron chi connectivity index (χ4n) is 1.85. The number of hydrazine groups is 1. The van der Waals surface area contributed by atoms with Crippen molar-refractivity contribution in [3.63, 3.8) is 0 Å². The number of nitrogens with two attached hydrogens (primary N) is 1. The Bertz CT molecular complexity index is 397. The first-order valence-corrected chi connectivity index (χ1v) is 8.00. The molecule has 1 rings (SSSR count). The van der Waals surface area contributed by atoms with Crippen LogP contribution in [0.3, 0.4) is 0 Å². The zero-order chi connectivity index (χ0) is 14.4. The molecule has 1 aromatic rings. The van der Waals surface area contributed by atoms with Gasteiger partial charge in [0.25, 0.3) is 0 Å². The van der Waals surface area contributed by atoms with E-state index in [1.54, 1.807) is 0 Å². The van der Waals surface area contributed by atoms with Gasteiger partial charge in [0.05, 0.1) is 0 Å². The van der Waals surface area contributed by atoms with E-state index in [0.29, 0.717) is 11.9 Å². The van der Waals surface area contributed by atoms with Gasteiger partial charge < -0.3 is 10.3 Å². The predicted octanol–water partition coefficient (Wildman–Crippen LogP) is 2.46. The number of nitrogens with zero attached hydrogens (tertiary/aromatic N) is 3. The molecule has 0 amide bonds. The number of aromatic nitrogens is 2. The Morgan fingerprint density at radius 1 is 1.42 bits per heavy atom. The smallest absolute Gasteiger partial charge is 0.145 e. The predicted molar refractivity (Wildman–Crippen MR) is 84.8 cm³/mol. The van der Waals surface area contributed by atoms with Gasteiger partial charge >= 0.3 is 0 Å². The van der Waals surface area contributed by atoms with Gasteiger partial charge in [-0.3, -0.25) is 0 Å². The summed E-state index contributed by atoms with van der Waals surface area (Å²) in [5, 5.41) is 0. The molecule has 0 bridgehead atoms. The number of nitrogens with one attached hydrogen (secondary N) is 1. The molecule has 108 valence electrons. The largest absolute Gasteiger partial charge is 0.356 e. The van der Waals surface area contributed by atoms with Crippen LogP contribution in [0.15, 0.2) is 6.07 Å². The van der Waals surface area contributed by atoms with E-state index in [1.165, 1.54) is 0 Å². The highest BCUT2D eigenvalue weighted by Crippen LogP contribution is 2.22. The molecular weight excluding hydrogens is 258 g/mol. The van der Waals surface area contributed by atoms with E-state index in [9.17, 15) is 0 Å². The molecule has 0 aliphatic rings. The SMILES string of the molecule is CCC(CSC)N(C)c1cc(NN)nc(C(C)C)n1. The molecule has 0 radical (unpaired) electrons. The van der Waals surface area contributed by atoms with Crippen molar-refractivity contribution in [2.45, 2.75) is 39.2 Å². The third-order valence-electron chi connectivity index (χ3n) is 3.13. The molecule has 0 fully saturated rings. The third kappa shape index (κ3) is 4.24. The summed E-state index contributed by atoms with van der Waals surface area (Å²) < 4.78 is 0. The third-order valence-corrected chi connectivity index (χ3v) is 3.85. The van der Waals surface area contributed by atoms with Gasteiger partial charge in [0.15, 0.2) is 0 Å². The molecule has 1 atom stereocenters. The summed E-state index contributed by atoms with van der Waals surface area (Å²) >= 11 is 1.85. The second-order valence-corrected chi connectivity index (χ2v) is 5.81. The van der Waals surface area contributed by atoms with Crippen molar-refractivity contribution in [3.05, 3.63) is 11.9 Å². The fourth-order valence-corrected chi connectivity index (χ4v) is 2.69. The van der Waals surface area contributed by atoms with Gasteiger partial charge in [-0.15, -0.1) is 0 Å². The lowest BCUT2D eigenvalue weighted by Crippen LogP contribution is -2.34. The standard InChI is InChI=1S/C13H25N5S/c1-6-10(8-19-5)18(4)12-7-11(17-14)15-13(16-12)9(2)3/h7,9-10H,6,8,14H2,1-5H3,(H,15,16,17). The van der Waals surface area contributed by atoms with Crippen molar-refractivity contribution >= 4 is 23.4 Å². The minimum atomic E-state index is 0.279. The Balaban J connectivity index is 3.06. The van der Waals surface area contributed by atoms with Crippen LogP contribution in [-0.2, 0) is 0 Å². The number of rotatable bonds is 7. The molecular formula is C13H25N5S. The number of nitrogen functional groups attached to an aromatic ring is 1. The summed E-state index contributed by atoms with van der Waals surface area (Å²) in [4.78, 5) is 11.2. The number of anilines is 2. The molecule has 0 saturated carbocycles. The Kier molecular flexibility index (Phi) is 6.37. The summed E-state index contributed by atoms with van der Waals surface area (Å²) in [5.74, 6) is 9.26. The first-order valence-electron chi connectivity index (χ1n) is 6.60. The quantitative estimate of drug-likeness (QED) is 0.592. The maximum absolute atomic E-state index is 5.49. The molecule has 5 nitrogen and oxygen atoms in total. The van der Waals surface area contributed by atoms with E-state index in [1.807, 2.05) is 17.8 Å². The molecule has 1 heterocycles. The minimum Gasteiger partial charge on any atom is -0.356 e. The highest BCUT2D eigenvalue weighted by molar-refractivity contribution is 7.98. The number of hydrogen-bond acceptors (Lipinski definition) is 6. The highest BCUT2D eigenvalue weighted by Gasteiger charge is 2.16. The van der Waals surface area contributed by atoms with E-state index < -0.39 is 0 Å². The number of thioether (sulfide) groups is 1. The van der Waals surface area contributed by atoms with E-state index in [-0.39, 0.29) is 5.92 Å². The van der Waals surface area contributed by atoms with Gasteiger partial charge in [0.2, 0.25) is 0 Å². The first kappa shape index (κ1) is 16.0. The molecule has 3 N–H and O–H groups in total. The molecule has 0 aliphatic carbocycles. The lowest BCUT2D eigenvalue weighted by atomic mass is 10.2. The maximum Gasteiger partial charge on any atom is 0.145 e. The van der Waals surface area contributed by atoms with Crippen LogP contribution in [0.2, 0.25) is 0 Å². The van der Waals surface area contributed by atoms with Crippen LogP contribution >= 0.6 is 11.8 Å². The van der Waals surface area contributed by atoms with E-state index in [4.69, 9.17) is 5.84 Å². The Hall–Kier alpha value is -1.01. The second-order valence-electron chi connectivity index (χ2n) is 4.90. The molecule has 1 unspecified atom stereocenters. The molecule has 0 saturated heterocycles. The van der Waals surface area contributed by atoms with E-state index in [2.05, 4.69) is 54.4 Å². The van der Waals surface area contributed by atoms with Gasteiger partial charge in [-0.2, -0.15) is 11.8 Å². The van der Waals surface area contributed by atoms with Crippen molar-refractivity contribution < 1.29 is 0 Å². The van der Waals surface area contributed by atoms with Crippen molar-refractivity contribution in [3.8, 4) is 0 Å². The van der Waals surface area contributed by atoms with E-state index in [0.717, 1.165) is 23.8 Å². The highest BCUT2D eigenvalue weighted by atomic mass is 32.2. The zero-order valence-corrected chi connectivity index (χ0v) is 13.3.